The molecule has 0 aliphatic heterocycles. The van der Waals surface area contributed by atoms with E-state index in [0.717, 1.165) is 6.26 Å². The van der Waals surface area contributed by atoms with Crippen molar-refractivity contribution in [2.24, 2.45) is 5.73 Å². The van der Waals surface area contributed by atoms with E-state index in [-0.39, 0.29) is 48.7 Å². The van der Waals surface area contributed by atoms with Gasteiger partial charge >= 0.3 is 17.8 Å². The van der Waals surface area contributed by atoms with Gasteiger partial charge in [-0.3, -0.25) is 4.57 Å². The number of ether oxygens (including phenoxy) is 6. The molecule has 0 saturated carbocycles. The van der Waals surface area contributed by atoms with E-state index < -0.39 is 50.2 Å². The Labute approximate surface area is 525 Å². The molecule has 4 amide bonds. The number of nitrogens with zero attached hydrogens (tertiary/aromatic N) is 9. The highest BCUT2D eigenvalue weighted by molar-refractivity contribution is 7.98. The minimum Gasteiger partial charge on any atom is -0.352 e. The van der Waals surface area contributed by atoms with Crippen LogP contribution in [0.15, 0.2) is 148 Å². The molecule has 90 heavy (non-hydrogen) atoms. The summed E-state index contributed by atoms with van der Waals surface area (Å²) in [5, 5.41) is 14.3. The highest BCUT2D eigenvalue weighted by Gasteiger charge is 2.37. The number of methoxy groups -OCH3 is 6. The van der Waals surface area contributed by atoms with Crippen molar-refractivity contribution in [3.63, 3.8) is 0 Å². The summed E-state index contributed by atoms with van der Waals surface area (Å²) in [6.07, 6.45) is 12.5. The van der Waals surface area contributed by atoms with Gasteiger partial charge in [-0.15, -0.1) is 0 Å². The second-order valence-electron chi connectivity index (χ2n) is 18.5. The van der Waals surface area contributed by atoms with Gasteiger partial charge in [-0.25, -0.2) is 75.8 Å². The minimum absolute atomic E-state index is 0.0118. The van der Waals surface area contributed by atoms with Crippen LogP contribution in [0.3, 0.4) is 0 Å². The number of urea groups is 2. The molecule has 0 fully saturated rings. The maximum absolute atomic E-state index is 13.1. The average molecular weight is 1310 g/mol. The number of halogens is 3. The number of carbonyl (C=O) groups excluding carboxylic acids is 2. The summed E-state index contributed by atoms with van der Waals surface area (Å²) >= 11 is 2.84. The molecule has 5 heterocycles. The number of H-pyrrole nitrogens is 1. The van der Waals surface area contributed by atoms with E-state index in [0.29, 0.717) is 56.1 Å². The number of aromatic amines is 1. The molecule has 0 radical (unpaired) electrons. The van der Waals surface area contributed by atoms with Crippen molar-refractivity contribution >= 4 is 62.7 Å². The predicted molar refractivity (Wildman–Crippen MR) is 332 cm³/mol. The molecule has 482 valence electrons. The van der Waals surface area contributed by atoms with Crippen molar-refractivity contribution in [1.82, 2.24) is 60.1 Å². The first-order valence-electron chi connectivity index (χ1n) is 26.6. The van der Waals surface area contributed by atoms with Crippen LogP contribution in [0.4, 0.5) is 40.1 Å². The third-order valence-corrected chi connectivity index (χ3v) is 14.4. The van der Waals surface area contributed by atoms with Crippen molar-refractivity contribution in [3.8, 4) is 17.1 Å². The number of rotatable bonds is 23. The summed E-state index contributed by atoms with van der Waals surface area (Å²) in [4.78, 5) is 72.0. The number of benzene rings is 3. The largest absolute Gasteiger partial charge is 0.352 e. The van der Waals surface area contributed by atoms with E-state index >= 15 is 0 Å². The topological polar surface area (TPSA) is 351 Å². The summed E-state index contributed by atoms with van der Waals surface area (Å²) in [5.74, 6) is -4.45. The quantitative estimate of drug-likeness (QED) is 0.0191. The van der Waals surface area contributed by atoms with E-state index in [1.807, 2.05) is 26.4 Å². The molecule has 0 aliphatic carbocycles. The molecule has 5 aromatic heterocycles. The zero-order chi connectivity index (χ0) is 66.1. The second kappa shape index (κ2) is 34.5. The summed E-state index contributed by atoms with van der Waals surface area (Å²) in [6.45, 7) is 4.00. The van der Waals surface area contributed by atoms with Crippen molar-refractivity contribution < 1.29 is 59.6 Å². The van der Waals surface area contributed by atoms with Gasteiger partial charge in [0.15, 0.2) is 10.3 Å². The summed E-state index contributed by atoms with van der Waals surface area (Å²) in [5.41, 5.74) is 9.13. The summed E-state index contributed by atoms with van der Waals surface area (Å²) in [6, 6.07) is 22.0. The fraction of sp³-hybridized carbons (Fsp3) is 0.316. The van der Waals surface area contributed by atoms with Gasteiger partial charge in [0.2, 0.25) is 38.3 Å². The van der Waals surface area contributed by atoms with Crippen molar-refractivity contribution in [2.75, 3.05) is 97.0 Å². The van der Waals surface area contributed by atoms with Gasteiger partial charge in [-0.2, -0.15) is 0 Å². The first-order valence-corrected chi connectivity index (χ1v) is 30.9. The van der Waals surface area contributed by atoms with Gasteiger partial charge in [-0.05, 0) is 123 Å². The zero-order valence-corrected chi connectivity index (χ0v) is 53.2. The Balaban J connectivity index is 0.000000222. The number of imidazole rings is 1. The van der Waals surface area contributed by atoms with E-state index in [4.69, 9.17) is 34.2 Å². The molecule has 33 heteroatoms. The Morgan fingerprint density at radius 1 is 0.600 bits per heavy atom. The average Bonchev–Trinajstić information content (AvgIpc) is 4.22. The first kappa shape index (κ1) is 72.2. The number of nitrogens with two attached hydrogens (primary N) is 1. The normalized spacial score (nSPS) is 11.4. The fourth-order valence-electron chi connectivity index (χ4n) is 7.70. The van der Waals surface area contributed by atoms with E-state index in [1.165, 1.54) is 144 Å². The molecule has 3 aromatic carbocycles. The van der Waals surface area contributed by atoms with Crippen LogP contribution in [0.5, 0.6) is 0 Å². The Morgan fingerprint density at radius 3 is 1.42 bits per heavy atom. The van der Waals surface area contributed by atoms with Gasteiger partial charge in [0.25, 0.3) is 0 Å². The van der Waals surface area contributed by atoms with Crippen LogP contribution >= 0.6 is 23.5 Å². The van der Waals surface area contributed by atoms with E-state index in [9.17, 15) is 36.0 Å². The lowest BCUT2D eigenvalue weighted by Gasteiger charge is -2.30. The van der Waals surface area contributed by atoms with Gasteiger partial charge in [0.1, 0.15) is 34.5 Å². The Hall–Kier alpha value is -8.51. The summed E-state index contributed by atoms with van der Waals surface area (Å²) < 4.78 is 95.9. The Kier molecular flexibility index (Phi) is 27.7. The van der Waals surface area contributed by atoms with Crippen molar-refractivity contribution in [3.05, 3.63) is 173 Å². The van der Waals surface area contributed by atoms with Crippen molar-refractivity contribution in [1.29, 1.82) is 0 Å². The number of hydrogen-bond donors (Lipinski definition) is 7. The third kappa shape index (κ3) is 20.3. The van der Waals surface area contributed by atoms with Crippen LogP contribution in [0.25, 0.3) is 17.1 Å². The lowest BCUT2D eigenvalue weighted by atomic mass is 10.2. The second-order valence-corrected chi connectivity index (χ2v) is 22.0. The standard InChI is InChI=1S/C16H16FN5O.C16H19FN4O5S.C16H19FN4O3S.C9H15N3O2S/c1-10(2)20-15-18-8-7-13(21-15)14-9-19-16(23)22(14)12-5-3-11(17)4-6-12;1-25-16(26-2,13-8-9-18-15(21-13)27(3,23)24)10-19-14(22)20-12-6-4-11(17)5-7-12;1-23-16(24-2,13-8-9-18-15(21-13)25-3)10-19-14(22)20-12-6-4-11(17)5-7-12;1-13-9(6-10,14-2)7-4-5-11-8(12-7)15-3/h3-10H,1-2H3,(H,19,23)(H,18,20,21);4-9H,10H2,1-3H3,(H2,19,20,22);4-9H,10H2,1-3H3,(H2,19,20,22);4-5H,6,10H2,1-3H3. The molecule has 8 N–H and O–H groups in total. The monoisotopic (exact) mass is 1310 g/mol. The molecular formula is C57H69F3N16O11S3. The maximum atomic E-state index is 13.1. The molecule has 0 unspecified atom stereocenters. The molecule has 0 atom stereocenters. The predicted octanol–water partition coefficient (Wildman–Crippen LogP) is 7.08. The molecule has 0 aliphatic rings. The van der Waals surface area contributed by atoms with Gasteiger partial charge in [-0.1, -0.05) is 23.5 Å². The molecule has 0 saturated heterocycles. The van der Waals surface area contributed by atoms with Crippen LogP contribution < -0.4 is 38.0 Å². The number of nitrogens with one attached hydrogen (secondary N) is 6. The van der Waals surface area contributed by atoms with Gasteiger partial charge in [0, 0.05) is 97.3 Å². The lowest BCUT2D eigenvalue weighted by molar-refractivity contribution is -0.213. The van der Waals surface area contributed by atoms with Crippen molar-refractivity contribution in [2.45, 2.75) is 52.7 Å². The molecule has 0 spiro atoms. The van der Waals surface area contributed by atoms with E-state index in [1.54, 1.807) is 55.1 Å². The van der Waals surface area contributed by atoms with Crippen LogP contribution in [0.2, 0.25) is 0 Å². The Morgan fingerprint density at radius 2 is 1.01 bits per heavy atom. The fourth-order valence-corrected chi connectivity index (χ4v) is 8.92. The smallest absolute Gasteiger partial charge is 0.330 e. The zero-order valence-electron chi connectivity index (χ0n) is 50.8. The number of sulfone groups is 1. The summed E-state index contributed by atoms with van der Waals surface area (Å²) in [7, 11) is 5.01. The highest BCUT2D eigenvalue weighted by atomic mass is 32.2. The molecule has 8 rings (SSSR count). The lowest BCUT2D eigenvalue weighted by Crippen LogP contribution is -2.45. The molecule has 27 nitrogen and oxygen atoms in total. The highest BCUT2D eigenvalue weighted by Crippen LogP contribution is 2.28. The Bertz CT molecular complexity index is 3730. The van der Waals surface area contributed by atoms with Gasteiger partial charge in [0.05, 0.1) is 36.7 Å². The molecule has 0 bridgehead atoms. The van der Waals surface area contributed by atoms with Crippen LogP contribution in [-0.4, -0.2) is 157 Å². The third-order valence-electron chi connectivity index (χ3n) is 12.4. The number of aromatic nitrogens is 10. The minimum atomic E-state index is -3.64. The SMILES string of the molecule is CC(C)Nc1nccc(-c2c[nH]c(=O)n2-c2ccc(F)cc2)n1.COC(CN)(OC)c1ccnc(SC)n1.COC(CNC(=O)Nc1ccc(F)cc1)(OC)c1ccnc(S(C)(=O)=O)n1.COC(CNC(=O)Nc1ccc(F)cc1)(OC)c1ccnc(SC)n1. The molecule has 8 aromatic rings. The number of anilines is 3. The number of hydrogen-bond acceptors (Lipinski definition) is 23. The van der Waals surface area contributed by atoms with Gasteiger partial charge < -0.3 is 65.7 Å². The number of amides is 4. The van der Waals surface area contributed by atoms with Crippen LogP contribution in [0, 0.1) is 17.5 Å². The maximum Gasteiger partial charge on any atom is 0.330 e. The number of carbonyl (C=O) groups is 2. The molecular weight excluding hydrogens is 1240 g/mol. The van der Waals surface area contributed by atoms with E-state index in [2.05, 4.69) is 71.4 Å². The first-order chi connectivity index (χ1) is 43.0. The number of thioether (sulfide) groups is 2. The van der Waals surface area contributed by atoms with Crippen LogP contribution in [0.1, 0.15) is 30.9 Å². The van der Waals surface area contributed by atoms with Crippen LogP contribution in [-0.2, 0) is 55.6 Å².